The first-order chi connectivity index (χ1) is 10.2. The van der Waals surface area contributed by atoms with Gasteiger partial charge in [0.05, 0.1) is 34.9 Å². The standard InChI is InChI=1S/C15H14Br2N2O2/c1-2-21-15(20)10-6-12(9-17)19-14(7-10)13-5-3-4-11(8-16)18-13/h3-7H,2,8-9H2,1H3. The largest absolute Gasteiger partial charge is 0.462 e. The van der Waals surface area contributed by atoms with E-state index >= 15 is 0 Å². The average molecular weight is 414 g/mol. The molecule has 2 aromatic rings. The summed E-state index contributed by atoms with van der Waals surface area (Å²) in [5, 5.41) is 1.23. The molecule has 2 rings (SSSR count). The van der Waals surface area contributed by atoms with Crippen LogP contribution in [0.1, 0.15) is 28.7 Å². The minimum atomic E-state index is -0.347. The van der Waals surface area contributed by atoms with Crippen LogP contribution < -0.4 is 0 Å². The number of halogens is 2. The van der Waals surface area contributed by atoms with E-state index in [1.54, 1.807) is 19.1 Å². The molecule has 0 saturated carbocycles. The zero-order valence-corrected chi connectivity index (χ0v) is 14.6. The van der Waals surface area contributed by atoms with Crippen LogP contribution in [-0.4, -0.2) is 22.5 Å². The molecule has 21 heavy (non-hydrogen) atoms. The van der Waals surface area contributed by atoms with E-state index < -0.39 is 0 Å². The topological polar surface area (TPSA) is 52.1 Å². The van der Waals surface area contributed by atoms with E-state index in [1.807, 2.05) is 18.2 Å². The van der Waals surface area contributed by atoms with E-state index in [1.165, 1.54) is 0 Å². The molecule has 0 radical (unpaired) electrons. The van der Waals surface area contributed by atoms with Gasteiger partial charge in [0.2, 0.25) is 0 Å². The molecule has 0 saturated heterocycles. The van der Waals surface area contributed by atoms with Gasteiger partial charge >= 0.3 is 5.97 Å². The highest BCUT2D eigenvalue weighted by Gasteiger charge is 2.12. The van der Waals surface area contributed by atoms with Gasteiger partial charge in [-0.25, -0.2) is 4.79 Å². The van der Waals surface area contributed by atoms with Crippen molar-refractivity contribution < 1.29 is 9.53 Å². The van der Waals surface area contributed by atoms with Gasteiger partial charge in [0.1, 0.15) is 0 Å². The maximum absolute atomic E-state index is 11.9. The Hall–Kier alpha value is -1.27. The van der Waals surface area contributed by atoms with Gasteiger partial charge in [-0.3, -0.25) is 9.97 Å². The number of rotatable bonds is 5. The predicted octanol–water partition coefficient (Wildman–Crippen LogP) is 4.11. The Bertz CT molecular complexity index is 647. The van der Waals surface area contributed by atoms with E-state index in [9.17, 15) is 4.79 Å². The molecule has 0 aliphatic carbocycles. The molecule has 0 amide bonds. The second-order valence-corrected chi connectivity index (χ2v) is 5.36. The first kappa shape index (κ1) is 16.1. The van der Waals surface area contributed by atoms with Gasteiger partial charge < -0.3 is 4.74 Å². The number of pyridine rings is 2. The van der Waals surface area contributed by atoms with Crippen LogP contribution in [0.3, 0.4) is 0 Å². The third-order valence-corrected chi connectivity index (χ3v) is 3.88. The molecule has 4 nitrogen and oxygen atoms in total. The second kappa shape index (κ2) is 7.66. The Morgan fingerprint density at radius 3 is 2.48 bits per heavy atom. The van der Waals surface area contributed by atoms with Gasteiger partial charge in [0, 0.05) is 10.7 Å². The van der Waals surface area contributed by atoms with Crippen LogP contribution in [0.25, 0.3) is 11.4 Å². The second-order valence-electron chi connectivity index (χ2n) is 4.23. The number of aromatic nitrogens is 2. The van der Waals surface area contributed by atoms with Crippen molar-refractivity contribution in [1.82, 2.24) is 9.97 Å². The normalized spacial score (nSPS) is 10.4. The number of esters is 1. The van der Waals surface area contributed by atoms with Crippen molar-refractivity contribution in [2.75, 3.05) is 6.61 Å². The van der Waals surface area contributed by atoms with E-state index in [-0.39, 0.29) is 5.97 Å². The van der Waals surface area contributed by atoms with Gasteiger partial charge in [0.15, 0.2) is 0 Å². The molecule has 0 bridgehead atoms. The summed E-state index contributed by atoms with van der Waals surface area (Å²) in [7, 11) is 0. The lowest BCUT2D eigenvalue weighted by atomic mass is 10.1. The summed E-state index contributed by atoms with van der Waals surface area (Å²) in [5.41, 5.74) is 3.57. The van der Waals surface area contributed by atoms with Gasteiger partial charge in [-0.15, -0.1) is 0 Å². The zero-order valence-electron chi connectivity index (χ0n) is 11.5. The molecule has 0 unspecified atom stereocenters. The monoisotopic (exact) mass is 412 g/mol. The SMILES string of the molecule is CCOC(=O)c1cc(CBr)nc(-c2cccc(CBr)n2)c1. The van der Waals surface area contributed by atoms with Crippen molar-refractivity contribution in [2.45, 2.75) is 17.6 Å². The highest BCUT2D eigenvalue weighted by molar-refractivity contribution is 9.08. The molecule has 0 aliphatic heterocycles. The van der Waals surface area contributed by atoms with E-state index in [2.05, 4.69) is 41.8 Å². The number of nitrogens with zero attached hydrogens (tertiary/aromatic N) is 2. The van der Waals surface area contributed by atoms with E-state index in [4.69, 9.17) is 4.74 Å². The molecule has 2 heterocycles. The number of alkyl halides is 2. The lowest BCUT2D eigenvalue weighted by Gasteiger charge is -2.08. The van der Waals surface area contributed by atoms with E-state index in [0.717, 1.165) is 17.1 Å². The van der Waals surface area contributed by atoms with Crippen molar-refractivity contribution in [1.29, 1.82) is 0 Å². The number of hydrogen-bond donors (Lipinski definition) is 0. The zero-order chi connectivity index (χ0) is 15.2. The molecule has 0 aromatic carbocycles. The summed E-state index contributed by atoms with van der Waals surface area (Å²) in [6.07, 6.45) is 0. The summed E-state index contributed by atoms with van der Waals surface area (Å²) in [4.78, 5) is 20.9. The molecule has 0 spiro atoms. The fourth-order valence-electron chi connectivity index (χ4n) is 1.82. The van der Waals surface area contributed by atoms with Crippen LogP contribution in [0.5, 0.6) is 0 Å². The highest BCUT2D eigenvalue weighted by atomic mass is 79.9. The van der Waals surface area contributed by atoms with Crippen molar-refractivity contribution in [3.8, 4) is 11.4 Å². The quantitative estimate of drug-likeness (QED) is 0.546. The first-order valence-electron chi connectivity index (χ1n) is 6.44. The van der Waals surface area contributed by atoms with Crippen LogP contribution in [0.15, 0.2) is 30.3 Å². The van der Waals surface area contributed by atoms with Crippen molar-refractivity contribution in [3.63, 3.8) is 0 Å². The maximum atomic E-state index is 11.9. The van der Waals surface area contributed by atoms with Crippen molar-refractivity contribution in [2.24, 2.45) is 0 Å². The Balaban J connectivity index is 2.47. The number of carbonyl (C=O) groups excluding carboxylic acids is 1. The van der Waals surface area contributed by atoms with Gasteiger partial charge in [-0.05, 0) is 31.2 Å². The molecule has 2 aromatic heterocycles. The lowest BCUT2D eigenvalue weighted by molar-refractivity contribution is 0.0526. The third-order valence-electron chi connectivity index (χ3n) is 2.73. The Morgan fingerprint density at radius 2 is 1.81 bits per heavy atom. The van der Waals surface area contributed by atoms with Gasteiger partial charge in [0.25, 0.3) is 0 Å². The van der Waals surface area contributed by atoms with Gasteiger partial charge in [-0.1, -0.05) is 37.9 Å². The Kier molecular flexibility index (Phi) is 5.87. The number of ether oxygens (including phenoxy) is 1. The Morgan fingerprint density at radius 1 is 1.10 bits per heavy atom. The molecule has 110 valence electrons. The summed E-state index contributed by atoms with van der Waals surface area (Å²) < 4.78 is 5.05. The maximum Gasteiger partial charge on any atom is 0.338 e. The molecular weight excluding hydrogens is 400 g/mol. The molecule has 0 atom stereocenters. The smallest absolute Gasteiger partial charge is 0.338 e. The Labute approximate surface area is 140 Å². The minimum Gasteiger partial charge on any atom is -0.462 e. The van der Waals surface area contributed by atoms with Gasteiger partial charge in [-0.2, -0.15) is 0 Å². The first-order valence-corrected chi connectivity index (χ1v) is 8.68. The van der Waals surface area contributed by atoms with Crippen LogP contribution >= 0.6 is 31.9 Å². The molecule has 6 heteroatoms. The minimum absolute atomic E-state index is 0.345. The molecular formula is C15H14Br2N2O2. The van der Waals surface area contributed by atoms with Crippen molar-refractivity contribution >= 4 is 37.8 Å². The van der Waals surface area contributed by atoms with Crippen molar-refractivity contribution in [3.05, 3.63) is 47.3 Å². The number of carbonyl (C=O) groups is 1. The molecule has 0 fully saturated rings. The molecule has 0 N–H and O–H groups in total. The third kappa shape index (κ3) is 4.11. The van der Waals surface area contributed by atoms with Crippen LogP contribution in [0.2, 0.25) is 0 Å². The summed E-state index contributed by atoms with van der Waals surface area (Å²) in [6, 6.07) is 9.17. The summed E-state index contributed by atoms with van der Waals surface area (Å²) >= 11 is 6.76. The van der Waals surface area contributed by atoms with Crippen LogP contribution in [-0.2, 0) is 15.4 Å². The lowest BCUT2D eigenvalue weighted by Crippen LogP contribution is -2.07. The fourth-order valence-corrected chi connectivity index (χ4v) is 2.42. The van der Waals surface area contributed by atoms with E-state index in [0.29, 0.717) is 28.5 Å². The van der Waals surface area contributed by atoms with Crippen LogP contribution in [0, 0.1) is 0 Å². The number of hydrogen-bond acceptors (Lipinski definition) is 4. The predicted molar refractivity (Wildman–Crippen MR) is 88.7 cm³/mol. The summed E-state index contributed by atoms with van der Waals surface area (Å²) in [5.74, 6) is -0.347. The highest BCUT2D eigenvalue weighted by Crippen LogP contribution is 2.20. The fraction of sp³-hybridized carbons (Fsp3) is 0.267. The summed E-state index contributed by atoms with van der Waals surface area (Å²) in [6.45, 7) is 2.13. The molecule has 0 aliphatic rings. The van der Waals surface area contributed by atoms with Crippen LogP contribution in [0.4, 0.5) is 0 Å². The average Bonchev–Trinajstić information content (AvgIpc) is 2.54.